The Hall–Kier alpha value is -1.75. The Balaban J connectivity index is 1.88. The molecule has 0 saturated carbocycles. The van der Waals surface area contributed by atoms with Crippen LogP contribution < -0.4 is 5.32 Å². The van der Waals surface area contributed by atoms with E-state index in [-0.39, 0.29) is 0 Å². The molecule has 1 aromatic carbocycles. The molecule has 0 radical (unpaired) electrons. The first-order valence-corrected chi connectivity index (χ1v) is 7.00. The fourth-order valence-corrected chi connectivity index (χ4v) is 2.20. The van der Waals surface area contributed by atoms with Crippen molar-refractivity contribution < 1.29 is 13.2 Å². The lowest BCUT2D eigenvalue weighted by molar-refractivity contribution is -0.137. The molecule has 0 atom stereocenters. The number of benzene rings is 1. The highest BCUT2D eigenvalue weighted by Gasteiger charge is 2.30. The van der Waals surface area contributed by atoms with Crippen molar-refractivity contribution in [3.63, 3.8) is 0 Å². The van der Waals surface area contributed by atoms with E-state index in [1.54, 1.807) is 6.07 Å². The van der Waals surface area contributed by atoms with Gasteiger partial charge in [0.1, 0.15) is 0 Å². The molecule has 21 heavy (non-hydrogen) atoms. The molecule has 5 heteroatoms. The normalized spacial score (nSPS) is 11.8. The largest absolute Gasteiger partial charge is 0.416 e. The van der Waals surface area contributed by atoms with Gasteiger partial charge in [-0.15, -0.1) is 0 Å². The third kappa shape index (κ3) is 4.63. The summed E-state index contributed by atoms with van der Waals surface area (Å²) in [5.41, 5.74) is 1.17. The molecule has 0 amide bonds. The molecule has 1 aromatic heterocycles. The molecule has 0 unspecified atom stereocenters. The summed E-state index contributed by atoms with van der Waals surface area (Å²) >= 11 is 0. The number of nitrogens with one attached hydrogen (secondary N) is 1. The lowest BCUT2D eigenvalue weighted by atomic mass is 10.1. The molecule has 0 fully saturated rings. The lowest BCUT2D eigenvalue weighted by Gasteiger charge is -2.09. The van der Waals surface area contributed by atoms with Gasteiger partial charge in [0.25, 0.3) is 0 Å². The second-order valence-corrected chi connectivity index (χ2v) is 5.06. The van der Waals surface area contributed by atoms with Crippen molar-refractivity contribution >= 4 is 0 Å². The molecule has 0 bridgehead atoms. The number of hydrogen-bond donors (Lipinski definition) is 1. The van der Waals surface area contributed by atoms with E-state index < -0.39 is 11.7 Å². The zero-order chi connectivity index (χ0) is 15.3. The van der Waals surface area contributed by atoms with Crippen LogP contribution in [-0.2, 0) is 25.8 Å². The maximum atomic E-state index is 12.6. The summed E-state index contributed by atoms with van der Waals surface area (Å²) < 4.78 is 39.9. The van der Waals surface area contributed by atoms with Gasteiger partial charge in [-0.3, -0.25) is 0 Å². The third-order valence-electron chi connectivity index (χ3n) is 3.21. The Morgan fingerprint density at radius 1 is 1.10 bits per heavy atom. The van der Waals surface area contributed by atoms with Gasteiger partial charge >= 0.3 is 6.18 Å². The first kappa shape index (κ1) is 15.6. The maximum absolute atomic E-state index is 12.6. The Labute approximate surface area is 122 Å². The predicted octanol–water partition coefficient (Wildman–Crippen LogP) is 4.21. The van der Waals surface area contributed by atoms with Crippen molar-refractivity contribution in [1.82, 2.24) is 9.88 Å². The summed E-state index contributed by atoms with van der Waals surface area (Å²) in [7, 11) is 0. The van der Waals surface area contributed by atoms with E-state index in [1.165, 1.54) is 12.1 Å². The SMILES string of the molecule is CCCn1ccc(CNCc2cccc(C(F)(F)F)c2)c1. The van der Waals surface area contributed by atoms with Gasteiger partial charge in [-0.25, -0.2) is 0 Å². The van der Waals surface area contributed by atoms with Crippen molar-refractivity contribution in [3.05, 3.63) is 59.4 Å². The first-order valence-electron chi connectivity index (χ1n) is 7.00. The molecule has 114 valence electrons. The molecule has 1 heterocycles. The molecular formula is C16H19F3N2. The Kier molecular flexibility index (Phi) is 5.07. The van der Waals surface area contributed by atoms with Gasteiger partial charge in [0.05, 0.1) is 5.56 Å². The zero-order valence-electron chi connectivity index (χ0n) is 12.0. The summed E-state index contributed by atoms with van der Waals surface area (Å²) in [4.78, 5) is 0. The molecule has 0 aliphatic rings. The number of halogens is 3. The fourth-order valence-electron chi connectivity index (χ4n) is 2.20. The van der Waals surface area contributed by atoms with Crippen molar-refractivity contribution in [2.75, 3.05) is 0 Å². The van der Waals surface area contributed by atoms with Crippen molar-refractivity contribution in [3.8, 4) is 0 Å². The Bertz CT molecular complexity index is 573. The molecule has 2 rings (SSSR count). The quantitative estimate of drug-likeness (QED) is 0.845. The minimum Gasteiger partial charge on any atom is -0.354 e. The fraction of sp³-hybridized carbons (Fsp3) is 0.375. The molecule has 1 N–H and O–H groups in total. The van der Waals surface area contributed by atoms with Gasteiger partial charge in [-0.2, -0.15) is 13.2 Å². The van der Waals surface area contributed by atoms with E-state index in [0.717, 1.165) is 24.6 Å². The second kappa shape index (κ2) is 6.80. The zero-order valence-corrected chi connectivity index (χ0v) is 12.0. The van der Waals surface area contributed by atoms with E-state index in [0.29, 0.717) is 18.7 Å². The average molecular weight is 296 g/mol. The van der Waals surface area contributed by atoms with E-state index >= 15 is 0 Å². The second-order valence-electron chi connectivity index (χ2n) is 5.06. The van der Waals surface area contributed by atoms with Crippen LogP contribution >= 0.6 is 0 Å². The van der Waals surface area contributed by atoms with Gasteiger partial charge in [0, 0.05) is 32.0 Å². The van der Waals surface area contributed by atoms with Crippen LogP contribution in [0.5, 0.6) is 0 Å². The molecule has 0 saturated heterocycles. The van der Waals surface area contributed by atoms with Crippen LogP contribution in [0, 0.1) is 0 Å². The number of aromatic nitrogens is 1. The highest BCUT2D eigenvalue weighted by Crippen LogP contribution is 2.29. The van der Waals surface area contributed by atoms with E-state index in [1.807, 2.05) is 12.3 Å². The van der Waals surface area contributed by atoms with Gasteiger partial charge < -0.3 is 9.88 Å². The minimum atomic E-state index is -4.28. The molecule has 0 spiro atoms. The number of aryl methyl sites for hydroxylation is 1. The molecular weight excluding hydrogens is 277 g/mol. The lowest BCUT2D eigenvalue weighted by Crippen LogP contribution is -2.13. The minimum absolute atomic E-state index is 0.420. The van der Waals surface area contributed by atoms with Gasteiger partial charge in [0.2, 0.25) is 0 Å². The predicted molar refractivity (Wildman–Crippen MR) is 76.7 cm³/mol. The van der Waals surface area contributed by atoms with Crippen LogP contribution in [0.3, 0.4) is 0 Å². The van der Waals surface area contributed by atoms with E-state index in [9.17, 15) is 13.2 Å². The molecule has 2 aromatic rings. The van der Waals surface area contributed by atoms with Crippen molar-refractivity contribution in [1.29, 1.82) is 0 Å². The van der Waals surface area contributed by atoms with Gasteiger partial charge in [-0.05, 0) is 29.7 Å². The summed E-state index contributed by atoms with van der Waals surface area (Å²) in [6.07, 6.45) is 0.868. The summed E-state index contributed by atoms with van der Waals surface area (Å²) in [5, 5.41) is 3.17. The average Bonchev–Trinajstić information content (AvgIpc) is 2.86. The molecule has 2 nitrogen and oxygen atoms in total. The van der Waals surface area contributed by atoms with Crippen LogP contribution in [0.2, 0.25) is 0 Å². The number of alkyl halides is 3. The number of hydrogen-bond acceptors (Lipinski definition) is 1. The summed E-state index contributed by atoms with van der Waals surface area (Å²) in [6, 6.07) is 7.44. The molecule has 0 aliphatic carbocycles. The van der Waals surface area contributed by atoms with Gasteiger partial charge in [0.15, 0.2) is 0 Å². The maximum Gasteiger partial charge on any atom is 0.416 e. The van der Waals surface area contributed by atoms with E-state index in [4.69, 9.17) is 0 Å². The molecule has 0 aliphatic heterocycles. The van der Waals surface area contributed by atoms with Crippen molar-refractivity contribution in [2.45, 2.75) is 39.2 Å². The smallest absolute Gasteiger partial charge is 0.354 e. The number of rotatable bonds is 6. The van der Waals surface area contributed by atoms with Gasteiger partial charge in [-0.1, -0.05) is 25.1 Å². The first-order chi connectivity index (χ1) is 9.99. The monoisotopic (exact) mass is 296 g/mol. The third-order valence-corrected chi connectivity index (χ3v) is 3.21. The summed E-state index contributed by atoms with van der Waals surface area (Å²) in [5.74, 6) is 0. The Morgan fingerprint density at radius 3 is 2.57 bits per heavy atom. The topological polar surface area (TPSA) is 17.0 Å². The van der Waals surface area contributed by atoms with Crippen LogP contribution in [0.4, 0.5) is 13.2 Å². The van der Waals surface area contributed by atoms with Crippen LogP contribution in [0.25, 0.3) is 0 Å². The van der Waals surface area contributed by atoms with Crippen molar-refractivity contribution in [2.24, 2.45) is 0 Å². The standard InChI is InChI=1S/C16H19F3N2/c1-2-7-21-8-6-14(12-21)11-20-10-13-4-3-5-15(9-13)16(17,18)19/h3-6,8-9,12,20H,2,7,10-11H2,1H3. The highest BCUT2D eigenvalue weighted by molar-refractivity contribution is 5.25. The Morgan fingerprint density at radius 2 is 1.86 bits per heavy atom. The van der Waals surface area contributed by atoms with Crippen LogP contribution in [-0.4, -0.2) is 4.57 Å². The number of nitrogens with zero attached hydrogens (tertiary/aromatic N) is 1. The van der Waals surface area contributed by atoms with Crippen LogP contribution in [0.15, 0.2) is 42.7 Å². The van der Waals surface area contributed by atoms with E-state index in [2.05, 4.69) is 23.0 Å². The highest BCUT2D eigenvalue weighted by atomic mass is 19.4. The summed E-state index contributed by atoms with van der Waals surface area (Å²) in [6.45, 7) is 4.16. The van der Waals surface area contributed by atoms with Crippen LogP contribution in [0.1, 0.15) is 30.0 Å².